The van der Waals surface area contributed by atoms with E-state index in [1.165, 1.54) is 12.1 Å². The Morgan fingerprint density at radius 1 is 1.32 bits per heavy atom. The van der Waals surface area contributed by atoms with E-state index in [0.717, 1.165) is 12.1 Å². The van der Waals surface area contributed by atoms with Gasteiger partial charge in [0, 0.05) is 11.8 Å². The van der Waals surface area contributed by atoms with Gasteiger partial charge in [-0.15, -0.1) is 0 Å². The normalized spacial score (nSPS) is 11.5. The van der Waals surface area contributed by atoms with E-state index in [4.69, 9.17) is 23.2 Å². The monoisotopic (exact) mass is 319 g/mol. The van der Waals surface area contributed by atoms with Crippen molar-refractivity contribution in [3.63, 3.8) is 0 Å². The molecule has 0 aliphatic heterocycles. The van der Waals surface area contributed by atoms with Crippen molar-refractivity contribution in [1.82, 2.24) is 10.2 Å². The van der Waals surface area contributed by atoms with Crippen LogP contribution < -0.4 is 4.72 Å². The number of aromatic amines is 1. The Morgan fingerprint density at radius 2 is 1.95 bits per heavy atom. The van der Waals surface area contributed by atoms with Gasteiger partial charge in [-0.3, -0.25) is 9.82 Å². The summed E-state index contributed by atoms with van der Waals surface area (Å²) in [6, 6.07) is 6.11. The van der Waals surface area contributed by atoms with E-state index in [1.54, 1.807) is 12.1 Å². The van der Waals surface area contributed by atoms with Crippen LogP contribution in [0, 0.1) is 0 Å². The number of hydrogen-bond acceptors (Lipinski definition) is 3. The number of aryl methyl sites for hydroxylation is 1. The molecule has 8 heteroatoms. The van der Waals surface area contributed by atoms with E-state index in [2.05, 4.69) is 14.9 Å². The summed E-state index contributed by atoms with van der Waals surface area (Å²) in [6.45, 7) is 1.93. The fourth-order valence-corrected chi connectivity index (χ4v) is 3.66. The molecule has 0 saturated carbocycles. The molecule has 0 aliphatic carbocycles. The largest absolute Gasteiger partial charge is 0.280 e. The van der Waals surface area contributed by atoms with Crippen LogP contribution in [-0.2, 0) is 16.4 Å². The first-order valence-corrected chi connectivity index (χ1v) is 7.69. The van der Waals surface area contributed by atoms with E-state index < -0.39 is 10.0 Å². The van der Waals surface area contributed by atoms with Crippen LogP contribution >= 0.6 is 23.2 Å². The molecule has 2 rings (SSSR count). The van der Waals surface area contributed by atoms with Gasteiger partial charge in [0.05, 0.1) is 10.0 Å². The van der Waals surface area contributed by atoms with Crippen molar-refractivity contribution in [3.05, 3.63) is 40.0 Å². The molecule has 0 amide bonds. The smallest absolute Gasteiger partial charge is 0.266 e. The third-order valence-corrected chi connectivity index (χ3v) is 4.75. The zero-order chi connectivity index (χ0) is 14.0. The van der Waals surface area contributed by atoms with Gasteiger partial charge in [-0.25, -0.2) is 8.42 Å². The summed E-state index contributed by atoms with van der Waals surface area (Å²) in [7, 11) is -3.87. The van der Waals surface area contributed by atoms with Crippen molar-refractivity contribution < 1.29 is 8.42 Å². The van der Waals surface area contributed by atoms with E-state index in [-0.39, 0.29) is 20.8 Å². The molecule has 0 bridgehead atoms. The molecule has 0 radical (unpaired) electrons. The number of sulfonamides is 1. The first kappa shape index (κ1) is 14.2. The summed E-state index contributed by atoms with van der Waals surface area (Å²) in [5.74, 6) is 0.202. The van der Waals surface area contributed by atoms with Gasteiger partial charge in [0.2, 0.25) is 0 Å². The van der Waals surface area contributed by atoms with Gasteiger partial charge in [-0.2, -0.15) is 5.10 Å². The van der Waals surface area contributed by atoms with Crippen LogP contribution in [0.3, 0.4) is 0 Å². The first-order chi connectivity index (χ1) is 8.94. The molecule has 1 heterocycles. The minimum absolute atomic E-state index is 0.0613. The Morgan fingerprint density at radius 3 is 2.47 bits per heavy atom. The highest BCUT2D eigenvalue weighted by Crippen LogP contribution is 2.30. The zero-order valence-corrected chi connectivity index (χ0v) is 12.3. The van der Waals surface area contributed by atoms with Gasteiger partial charge in [0.25, 0.3) is 10.0 Å². The second-order valence-corrected chi connectivity index (χ2v) is 6.22. The number of hydrogen-bond donors (Lipinski definition) is 2. The summed E-state index contributed by atoms with van der Waals surface area (Å²) in [4.78, 5) is -0.153. The number of anilines is 1. The number of halogens is 2. The highest BCUT2D eigenvalue weighted by molar-refractivity contribution is 7.93. The molecule has 0 saturated heterocycles. The molecule has 0 fully saturated rings. The lowest BCUT2D eigenvalue weighted by Crippen LogP contribution is -2.14. The molecule has 1 aromatic carbocycles. The summed E-state index contributed by atoms with van der Waals surface area (Å²) < 4.78 is 26.7. The summed E-state index contributed by atoms with van der Waals surface area (Å²) in [5, 5.41) is 6.69. The van der Waals surface area contributed by atoms with E-state index in [0.29, 0.717) is 0 Å². The fourth-order valence-electron chi connectivity index (χ4n) is 1.52. The molecule has 2 N–H and O–H groups in total. The third kappa shape index (κ3) is 3.02. The summed E-state index contributed by atoms with van der Waals surface area (Å²) >= 11 is 11.8. The van der Waals surface area contributed by atoms with Gasteiger partial charge in [0.15, 0.2) is 5.82 Å². The van der Waals surface area contributed by atoms with Crippen LogP contribution in [0.1, 0.15) is 12.6 Å². The second-order valence-electron chi connectivity index (χ2n) is 3.79. The zero-order valence-electron chi connectivity index (χ0n) is 9.94. The van der Waals surface area contributed by atoms with Gasteiger partial charge in [-0.1, -0.05) is 36.2 Å². The SMILES string of the molecule is CCc1cc(NS(=O)(=O)c2c(Cl)cccc2Cl)n[nH]1. The van der Waals surface area contributed by atoms with E-state index in [9.17, 15) is 8.42 Å². The Balaban J connectivity index is 2.38. The number of benzene rings is 1. The van der Waals surface area contributed by atoms with Crippen molar-refractivity contribution in [3.8, 4) is 0 Å². The van der Waals surface area contributed by atoms with E-state index in [1.807, 2.05) is 6.92 Å². The molecule has 0 spiro atoms. The lowest BCUT2D eigenvalue weighted by molar-refractivity contribution is 0.601. The third-order valence-electron chi connectivity index (χ3n) is 2.44. The van der Waals surface area contributed by atoms with Gasteiger partial charge in [0.1, 0.15) is 4.90 Å². The maximum absolute atomic E-state index is 12.2. The number of nitrogens with zero attached hydrogens (tertiary/aromatic N) is 1. The highest BCUT2D eigenvalue weighted by Gasteiger charge is 2.22. The molecule has 102 valence electrons. The number of H-pyrrole nitrogens is 1. The quantitative estimate of drug-likeness (QED) is 0.909. The summed E-state index contributed by atoms with van der Waals surface area (Å²) in [6.07, 6.45) is 0.724. The lowest BCUT2D eigenvalue weighted by Gasteiger charge is -2.08. The summed E-state index contributed by atoms with van der Waals surface area (Å²) in [5.41, 5.74) is 0.822. The topological polar surface area (TPSA) is 74.8 Å². The molecule has 5 nitrogen and oxygen atoms in total. The molecule has 0 aliphatic rings. The maximum Gasteiger partial charge on any atom is 0.266 e. The molecule has 0 atom stereocenters. The van der Waals surface area contributed by atoms with Crippen LogP contribution in [-0.4, -0.2) is 18.6 Å². The first-order valence-electron chi connectivity index (χ1n) is 5.45. The van der Waals surface area contributed by atoms with Gasteiger partial charge in [-0.05, 0) is 18.6 Å². The van der Waals surface area contributed by atoms with Gasteiger partial charge >= 0.3 is 0 Å². The standard InChI is InChI=1S/C11H11Cl2N3O2S/c1-2-7-6-10(15-14-7)16-19(17,18)11-8(12)4-3-5-9(11)13/h3-6H,2H2,1H3,(H2,14,15,16). The minimum atomic E-state index is -3.87. The van der Waals surface area contributed by atoms with Crippen molar-refractivity contribution in [2.45, 2.75) is 18.2 Å². The Bertz CT molecular complexity index is 677. The van der Waals surface area contributed by atoms with Crippen LogP contribution in [0.4, 0.5) is 5.82 Å². The van der Waals surface area contributed by atoms with Crippen LogP contribution in [0.2, 0.25) is 10.0 Å². The predicted octanol–water partition coefficient (Wildman–Crippen LogP) is 3.08. The number of rotatable bonds is 4. The maximum atomic E-state index is 12.2. The van der Waals surface area contributed by atoms with Crippen molar-refractivity contribution in [2.24, 2.45) is 0 Å². The van der Waals surface area contributed by atoms with Crippen molar-refractivity contribution in [2.75, 3.05) is 4.72 Å². The predicted molar refractivity (Wildman–Crippen MR) is 75.2 cm³/mol. The Kier molecular flexibility index (Phi) is 4.03. The van der Waals surface area contributed by atoms with Crippen LogP contribution in [0.15, 0.2) is 29.2 Å². The second kappa shape index (κ2) is 5.40. The van der Waals surface area contributed by atoms with E-state index >= 15 is 0 Å². The minimum Gasteiger partial charge on any atom is -0.280 e. The molecular formula is C11H11Cl2N3O2S. The lowest BCUT2D eigenvalue weighted by atomic mass is 10.3. The number of nitrogens with one attached hydrogen (secondary N) is 2. The Hall–Kier alpha value is -1.24. The van der Waals surface area contributed by atoms with Crippen molar-refractivity contribution in [1.29, 1.82) is 0 Å². The number of aromatic nitrogens is 2. The Labute approximate surface area is 121 Å². The average Bonchev–Trinajstić information content (AvgIpc) is 2.75. The van der Waals surface area contributed by atoms with Crippen LogP contribution in [0.5, 0.6) is 0 Å². The van der Waals surface area contributed by atoms with Gasteiger partial charge < -0.3 is 0 Å². The molecule has 1 aromatic heterocycles. The highest BCUT2D eigenvalue weighted by atomic mass is 35.5. The molecular weight excluding hydrogens is 309 g/mol. The average molecular weight is 320 g/mol. The molecule has 0 unspecified atom stereocenters. The molecule has 2 aromatic rings. The van der Waals surface area contributed by atoms with Crippen molar-refractivity contribution >= 4 is 39.0 Å². The fraction of sp³-hybridized carbons (Fsp3) is 0.182. The van der Waals surface area contributed by atoms with Crippen LogP contribution in [0.25, 0.3) is 0 Å². The molecule has 19 heavy (non-hydrogen) atoms.